The van der Waals surface area contributed by atoms with E-state index in [0.29, 0.717) is 0 Å². The molecule has 24 heavy (non-hydrogen) atoms. The monoisotopic (exact) mass is 365 g/mol. The molecule has 0 spiro atoms. The summed E-state index contributed by atoms with van der Waals surface area (Å²) >= 11 is 0. The molecule has 0 aromatic heterocycles. The van der Waals surface area contributed by atoms with Gasteiger partial charge in [-0.05, 0) is 12.1 Å². The molecule has 0 radical (unpaired) electrons. The van der Waals surface area contributed by atoms with Crippen LogP contribution in [0.4, 0.5) is 13.2 Å². The van der Waals surface area contributed by atoms with Gasteiger partial charge in [0.25, 0.3) is 0 Å². The highest BCUT2D eigenvalue weighted by Crippen LogP contribution is 2.26. The van der Waals surface area contributed by atoms with E-state index in [-0.39, 0.29) is 5.56 Å². The molecule has 1 aromatic rings. The first kappa shape index (κ1) is 19.5. The van der Waals surface area contributed by atoms with Crippen molar-refractivity contribution in [2.24, 2.45) is 5.73 Å². The number of carbonyl (C=O) groups is 1. The van der Waals surface area contributed by atoms with Gasteiger partial charge in [-0.1, -0.05) is 12.1 Å². The van der Waals surface area contributed by atoms with Crippen LogP contribution in [-0.4, -0.2) is 40.4 Å². The van der Waals surface area contributed by atoms with Crippen molar-refractivity contribution in [3.05, 3.63) is 40.6 Å². The summed E-state index contributed by atoms with van der Waals surface area (Å²) in [6, 6.07) is 4.79. The molecule has 7 nitrogen and oxygen atoms in total. The molecule has 11 heteroatoms. The molecule has 0 amide bonds. The van der Waals surface area contributed by atoms with Crippen molar-refractivity contribution in [2.45, 2.75) is 11.1 Å². The molecule has 0 fully saturated rings. The van der Waals surface area contributed by atoms with E-state index in [2.05, 4.69) is 10.1 Å². The Kier molecular flexibility index (Phi) is 5.61. The highest BCUT2D eigenvalue weighted by atomic mass is 32.2. The topological polar surface area (TPSA) is 122 Å². The second-order valence-corrected chi connectivity index (χ2v) is 6.21. The zero-order chi connectivity index (χ0) is 18.7. The minimum absolute atomic E-state index is 0.376. The van der Waals surface area contributed by atoms with E-state index in [1.807, 2.05) is 0 Å². The molecule has 0 saturated heterocycles. The summed E-state index contributed by atoms with van der Waals surface area (Å²) in [4.78, 5) is 11.1. The number of halogens is 3. The number of hydrogen-bond acceptors (Lipinski definition) is 7. The quantitative estimate of drug-likeness (QED) is 0.532. The van der Waals surface area contributed by atoms with Crippen molar-refractivity contribution >= 4 is 21.5 Å². The number of esters is 1. The van der Waals surface area contributed by atoms with E-state index in [1.165, 1.54) is 12.1 Å². The molecule has 132 valence electrons. The molecule has 1 aromatic carbocycles. The number of sulfone groups is 1. The van der Waals surface area contributed by atoms with Crippen molar-refractivity contribution in [1.29, 1.82) is 5.41 Å². The largest absolute Gasteiger partial charge is 0.465 e. The summed E-state index contributed by atoms with van der Waals surface area (Å²) in [7, 11) is -2.59. The molecule has 0 bridgehead atoms. The number of benzene rings is 1. The minimum atomic E-state index is -5.14. The van der Waals surface area contributed by atoms with E-state index in [1.54, 1.807) is 0 Å². The lowest BCUT2D eigenvalue weighted by atomic mass is 10.2. The number of nitrogens with two attached hydrogens (primary N) is 1. The van der Waals surface area contributed by atoms with Crippen LogP contribution in [0.3, 0.4) is 0 Å². The molecule has 0 aliphatic heterocycles. The number of alkyl halides is 3. The number of carbonyl (C=O) groups excluding carboxylic acids is 1. The van der Waals surface area contributed by atoms with Crippen LogP contribution >= 0.6 is 0 Å². The van der Waals surface area contributed by atoms with Gasteiger partial charge in [-0.25, -0.2) is 13.2 Å². The molecule has 0 aliphatic carbocycles. The highest BCUT2D eigenvalue weighted by molar-refractivity contribution is 7.95. The average Bonchev–Trinajstić information content (AvgIpc) is 2.52. The summed E-state index contributed by atoms with van der Waals surface area (Å²) in [6.07, 6.45) is -5.14. The minimum Gasteiger partial charge on any atom is -0.465 e. The maximum absolute atomic E-state index is 12.6. The highest BCUT2D eigenvalue weighted by Gasteiger charge is 2.39. The molecule has 4 N–H and O–H groups in total. The predicted octanol–water partition coefficient (Wildman–Crippen LogP) is 1.18. The third kappa shape index (κ3) is 3.67. The summed E-state index contributed by atoms with van der Waals surface area (Å²) in [5, 5.41) is 8.00. The van der Waals surface area contributed by atoms with Crippen LogP contribution in [0.25, 0.3) is 0 Å². The molecule has 0 unspecified atom stereocenters. The molecule has 0 saturated carbocycles. The Hall–Kier alpha value is -2.56. The lowest BCUT2D eigenvalue weighted by molar-refractivity contribution is -0.0590. The third-order valence-electron chi connectivity index (χ3n) is 2.88. The lowest BCUT2D eigenvalue weighted by Crippen LogP contribution is -2.33. The van der Waals surface area contributed by atoms with Crippen LogP contribution in [0, 0.1) is 5.41 Å². The van der Waals surface area contributed by atoms with Crippen molar-refractivity contribution in [1.82, 2.24) is 5.32 Å². The Balaban J connectivity index is 3.65. The van der Waals surface area contributed by atoms with Gasteiger partial charge in [-0.15, -0.1) is 0 Å². The van der Waals surface area contributed by atoms with Crippen LogP contribution in [0.15, 0.2) is 39.9 Å². The van der Waals surface area contributed by atoms with Gasteiger partial charge in [-0.2, -0.15) is 13.2 Å². The van der Waals surface area contributed by atoms with Crippen LogP contribution in [0.5, 0.6) is 0 Å². The Bertz CT molecular complexity index is 801. The number of rotatable bonds is 5. The standard InChI is InChI=1S/C13H14F3N3O4S/c1-19-11(9(17)10(18)13(14,15)16)24(21,22)8-6-4-3-5-7(8)12(20)23-2/h3-6,18-19H,17H2,1-2H3/b11-9-,18-10?. The van der Waals surface area contributed by atoms with E-state index in [9.17, 15) is 26.4 Å². The zero-order valence-electron chi connectivity index (χ0n) is 12.6. The SMILES string of the molecule is CN/C(=C(/N)C(=N)C(F)(F)F)S(=O)(=O)c1ccccc1C(=O)OC. The first-order chi connectivity index (χ1) is 11.0. The number of nitrogens with one attached hydrogen (secondary N) is 2. The fourth-order valence-corrected chi connectivity index (χ4v) is 3.35. The van der Waals surface area contributed by atoms with Gasteiger partial charge in [0.15, 0.2) is 10.7 Å². The fraction of sp³-hybridized carbons (Fsp3) is 0.231. The molecular formula is C13H14F3N3O4S. The van der Waals surface area contributed by atoms with Crippen LogP contribution in [0.1, 0.15) is 10.4 Å². The van der Waals surface area contributed by atoms with E-state index in [4.69, 9.17) is 11.1 Å². The van der Waals surface area contributed by atoms with Crippen molar-refractivity contribution in [3.63, 3.8) is 0 Å². The maximum Gasteiger partial charge on any atom is 0.434 e. The van der Waals surface area contributed by atoms with Crippen LogP contribution < -0.4 is 11.1 Å². The van der Waals surface area contributed by atoms with E-state index < -0.39 is 43.3 Å². The predicted molar refractivity (Wildman–Crippen MR) is 79.0 cm³/mol. The Morgan fingerprint density at radius 3 is 2.29 bits per heavy atom. The number of methoxy groups -OCH3 is 1. The normalized spacial score (nSPS) is 13.0. The molecule has 0 aliphatic rings. The number of allylic oxidation sites excluding steroid dienone is 1. The van der Waals surface area contributed by atoms with Gasteiger partial charge in [0.1, 0.15) is 0 Å². The maximum atomic E-state index is 12.6. The van der Waals surface area contributed by atoms with E-state index in [0.717, 1.165) is 26.3 Å². The number of ether oxygens (including phenoxy) is 1. The Labute approximate surface area is 135 Å². The number of hydrogen-bond donors (Lipinski definition) is 3. The lowest BCUT2D eigenvalue weighted by Gasteiger charge is -2.16. The second-order valence-electron chi connectivity index (χ2n) is 4.36. The van der Waals surface area contributed by atoms with Gasteiger partial charge in [0.2, 0.25) is 9.84 Å². The van der Waals surface area contributed by atoms with E-state index >= 15 is 0 Å². The smallest absolute Gasteiger partial charge is 0.434 e. The first-order valence-electron chi connectivity index (χ1n) is 6.24. The zero-order valence-corrected chi connectivity index (χ0v) is 13.4. The summed E-state index contributed by atoms with van der Waals surface area (Å²) in [5.41, 5.74) is 1.50. The molecular weight excluding hydrogens is 351 g/mol. The van der Waals surface area contributed by atoms with Crippen molar-refractivity contribution < 1.29 is 31.1 Å². The Morgan fingerprint density at radius 2 is 1.83 bits per heavy atom. The van der Waals surface area contributed by atoms with Gasteiger partial charge in [-0.3, -0.25) is 5.41 Å². The van der Waals surface area contributed by atoms with Gasteiger partial charge < -0.3 is 15.8 Å². The molecule has 1 rings (SSSR count). The summed E-state index contributed by atoms with van der Waals surface area (Å²) in [6.45, 7) is 0. The van der Waals surface area contributed by atoms with Crippen molar-refractivity contribution in [3.8, 4) is 0 Å². The van der Waals surface area contributed by atoms with Crippen LogP contribution in [-0.2, 0) is 14.6 Å². The Morgan fingerprint density at radius 1 is 1.29 bits per heavy atom. The molecule has 0 heterocycles. The summed E-state index contributed by atoms with van der Waals surface area (Å²) < 4.78 is 67.5. The van der Waals surface area contributed by atoms with Gasteiger partial charge in [0.05, 0.1) is 23.3 Å². The average molecular weight is 365 g/mol. The van der Waals surface area contributed by atoms with Crippen LogP contribution in [0.2, 0.25) is 0 Å². The first-order valence-corrected chi connectivity index (χ1v) is 7.72. The third-order valence-corrected chi connectivity index (χ3v) is 4.77. The molecule has 0 atom stereocenters. The second kappa shape index (κ2) is 6.91. The summed E-state index contributed by atoms with van der Waals surface area (Å²) in [5.74, 6) is -0.992. The van der Waals surface area contributed by atoms with Crippen molar-refractivity contribution in [2.75, 3.05) is 14.2 Å². The van der Waals surface area contributed by atoms with Gasteiger partial charge >= 0.3 is 12.1 Å². The van der Waals surface area contributed by atoms with Gasteiger partial charge in [0, 0.05) is 7.05 Å². The fourth-order valence-electron chi connectivity index (χ4n) is 1.77.